The Labute approximate surface area is 97.4 Å². The van der Waals surface area contributed by atoms with Crippen LogP contribution in [0.25, 0.3) is 0 Å². The zero-order valence-electron chi connectivity index (χ0n) is 10.5. The summed E-state index contributed by atoms with van der Waals surface area (Å²) in [4.78, 5) is 0. The predicted octanol–water partition coefficient (Wildman–Crippen LogP) is 1.42. The normalized spacial score (nSPS) is 34.5. The lowest BCUT2D eigenvalue weighted by atomic mass is 9.87. The molecule has 1 saturated heterocycles. The van der Waals surface area contributed by atoms with Gasteiger partial charge in [0.1, 0.15) is 0 Å². The second-order valence-electron chi connectivity index (χ2n) is 5.78. The Kier molecular flexibility index (Phi) is 3.27. The van der Waals surface area contributed by atoms with Gasteiger partial charge in [-0.15, -0.1) is 0 Å². The third-order valence-electron chi connectivity index (χ3n) is 3.17. The first-order valence-electron chi connectivity index (χ1n) is 6.12. The van der Waals surface area contributed by atoms with Crippen molar-refractivity contribution in [1.82, 2.24) is 0 Å². The molecule has 2 fully saturated rings. The van der Waals surface area contributed by atoms with Crippen molar-refractivity contribution in [3.8, 4) is 0 Å². The first-order valence-corrected chi connectivity index (χ1v) is 6.12. The van der Waals surface area contributed by atoms with Gasteiger partial charge in [0.25, 0.3) is 0 Å². The van der Waals surface area contributed by atoms with E-state index in [9.17, 15) is 0 Å². The summed E-state index contributed by atoms with van der Waals surface area (Å²) in [5, 5.41) is 0. The zero-order valence-corrected chi connectivity index (χ0v) is 10.5. The van der Waals surface area contributed by atoms with Crippen LogP contribution in [0.3, 0.4) is 0 Å². The third-order valence-corrected chi connectivity index (χ3v) is 3.17. The number of hydrogen-bond acceptors (Lipinski definition) is 4. The Balaban J connectivity index is 2.00. The molecule has 0 aromatic heterocycles. The van der Waals surface area contributed by atoms with E-state index in [2.05, 4.69) is 20.8 Å². The molecule has 2 N–H and O–H groups in total. The van der Waals surface area contributed by atoms with Crippen LogP contribution in [-0.4, -0.2) is 36.7 Å². The molecule has 1 saturated carbocycles. The average Bonchev–Trinajstić information content (AvgIpc) is 2.58. The summed E-state index contributed by atoms with van der Waals surface area (Å²) in [6.07, 6.45) is 2.58. The van der Waals surface area contributed by atoms with Gasteiger partial charge in [-0.05, 0) is 27.2 Å². The summed E-state index contributed by atoms with van der Waals surface area (Å²) in [6, 6.07) is 0.0950. The minimum atomic E-state index is -0.411. The van der Waals surface area contributed by atoms with E-state index in [0.717, 1.165) is 19.3 Å². The van der Waals surface area contributed by atoms with E-state index in [1.165, 1.54) is 0 Å². The zero-order chi connectivity index (χ0) is 11.8. The molecule has 2 unspecified atom stereocenters. The quantitative estimate of drug-likeness (QED) is 0.739. The first-order chi connectivity index (χ1) is 7.40. The van der Waals surface area contributed by atoms with Crippen molar-refractivity contribution in [2.45, 2.75) is 63.6 Å². The highest BCUT2D eigenvalue weighted by Crippen LogP contribution is 2.37. The Morgan fingerprint density at radius 3 is 2.44 bits per heavy atom. The van der Waals surface area contributed by atoms with Gasteiger partial charge in [0, 0.05) is 18.9 Å². The maximum absolute atomic E-state index is 6.10. The van der Waals surface area contributed by atoms with Crippen LogP contribution in [0, 0.1) is 0 Å². The molecule has 0 radical (unpaired) electrons. The lowest BCUT2D eigenvalue weighted by molar-refractivity contribution is -0.217. The molecule has 0 amide bonds. The van der Waals surface area contributed by atoms with Gasteiger partial charge in [0.05, 0.1) is 24.9 Å². The van der Waals surface area contributed by atoms with Crippen LogP contribution < -0.4 is 5.73 Å². The maximum atomic E-state index is 6.10. The molecule has 0 aromatic carbocycles. The van der Waals surface area contributed by atoms with Gasteiger partial charge in [0.15, 0.2) is 5.79 Å². The summed E-state index contributed by atoms with van der Waals surface area (Å²) >= 11 is 0. The highest BCUT2D eigenvalue weighted by molar-refractivity contribution is 4.91. The van der Waals surface area contributed by atoms with Gasteiger partial charge < -0.3 is 19.9 Å². The number of hydrogen-bond donors (Lipinski definition) is 1. The fraction of sp³-hybridized carbons (Fsp3) is 1.00. The second-order valence-corrected chi connectivity index (χ2v) is 5.78. The maximum Gasteiger partial charge on any atom is 0.171 e. The molecule has 94 valence electrons. The topological polar surface area (TPSA) is 53.7 Å². The van der Waals surface area contributed by atoms with E-state index >= 15 is 0 Å². The molecule has 2 atom stereocenters. The molecule has 0 aromatic rings. The van der Waals surface area contributed by atoms with Crippen molar-refractivity contribution in [3.63, 3.8) is 0 Å². The van der Waals surface area contributed by atoms with Crippen LogP contribution in [0.15, 0.2) is 0 Å². The van der Waals surface area contributed by atoms with Crippen LogP contribution in [0.2, 0.25) is 0 Å². The minimum absolute atomic E-state index is 0.0341. The van der Waals surface area contributed by atoms with Gasteiger partial charge in [-0.1, -0.05) is 0 Å². The summed E-state index contributed by atoms with van der Waals surface area (Å²) in [6.45, 7) is 7.54. The van der Waals surface area contributed by atoms with Gasteiger partial charge in [-0.25, -0.2) is 0 Å². The van der Waals surface area contributed by atoms with Crippen molar-refractivity contribution < 1.29 is 14.2 Å². The Morgan fingerprint density at radius 2 is 1.88 bits per heavy atom. The Morgan fingerprint density at radius 1 is 1.25 bits per heavy atom. The summed E-state index contributed by atoms with van der Waals surface area (Å²) in [7, 11) is 0. The first kappa shape index (κ1) is 12.3. The predicted molar refractivity (Wildman–Crippen MR) is 61.1 cm³/mol. The van der Waals surface area contributed by atoms with Gasteiger partial charge in [-0.2, -0.15) is 0 Å². The van der Waals surface area contributed by atoms with Crippen molar-refractivity contribution in [3.05, 3.63) is 0 Å². The molecule has 4 heteroatoms. The van der Waals surface area contributed by atoms with Crippen molar-refractivity contribution in [1.29, 1.82) is 0 Å². The second kappa shape index (κ2) is 4.26. The van der Waals surface area contributed by atoms with Crippen LogP contribution in [0.5, 0.6) is 0 Å². The molecule has 2 aliphatic rings. The molecule has 16 heavy (non-hydrogen) atoms. The standard InChI is InChI=1S/C12H23NO3/c1-11(2,3)16-10-8-12(5-4-9(10)13)14-6-7-15-12/h9-10H,4-8,13H2,1-3H3. The molecule has 1 aliphatic carbocycles. The molecule has 0 bridgehead atoms. The van der Waals surface area contributed by atoms with Crippen LogP contribution >= 0.6 is 0 Å². The number of nitrogens with two attached hydrogens (primary N) is 1. The van der Waals surface area contributed by atoms with E-state index in [-0.39, 0.29) is 17.7 Å². The minimum Gasteiger partial charge on any atom is -0.371 e. The molecule has 1 heterocycles. The summed E-state index contributed by atoms with van der Waals surface area (Å²) in [5.41, 5.74) is 5.93. The van der Waals surface area contributed by atoms with E-state index in [1.807, 2.05) is 0 Å². The molecule has 1 spiro atoms. The fourth-order valence-electron chi connectivity index (χ4n) is 2.47. The van der Waals surface area contributed by atoms with Crippen LogP contribution in [0.4, 0.5) is 0 Å². The van der Waals surface area contributed by atoms with E-state index < -0.39 is 5.79 Å². The Bertz CT molecular complexity index is 243. The summed E-state index contributed by atoms with van der Waals surface area (Å²) in [5.74, 6) is -0.411. The largest absolute Gasteiger partial charge is 0.371 e. The third kappa shape index (κ3) is 2.74. The lowest BCUT2D eigenvalue weighted by Crippen LogP contribution is -2.52. The monoisotopic (exact) mass is 229 g/mol. The highest BCUT2D eigenvalue weighted by atomic mass is 16.7. The molecule has 4 nitrogen and oxygen atoms in total. The van der Waals surface area contributed by atoms with E-state index in [0.29, 0.717) is 13.2 Å². The summed E-state index contributed by atoms with van der Waals surface area (Å²) < 4.78 is 17.4. The lowest BCUT2D eigenvalue weighted by Gasteiger charge is -2.41. The van der Waals surface area contributed by atoms with E-state index in [4.69, 9.17) is 19.9 Å². The van der Waals surface area contributed by atoms with Crippen molar-refractivity contribution in [2.24, 2.45) is 5.73 Å². The SMILES string of the molecule is CC(C)(C)OC1CC2(CCC1N)OCCO2. The molecular formula is C12H23NO3. The van der Waals surface area contributed by atoms with Crippen molar-refractivity contribution in [2.75, 3.05) is 13.2 Å². The van der Waals surface area contributed by atoms with Crippen LogP contribution in [0.1, 0.15) is 40.0 Å². The Hall–Kier alpha value is -0.160. The van der Waals surface area contributed by atoms with Gasteiger partial charge >= 0.3 is 0 Å². The van der Waals surface area contributed by atoms with E-state index in [1.54, 1.807) is 0 Å². The number of ether oxygens (including phenoxy) is 3. The van der Waals surface area contributed by atoms with Crippen molar-refractivity contribution >= 4 is 0 Å². The molecule has 2 rings (SSSR count). The highest BCUT2D eigenvalue weighted by Gasteiger charge is 2.45. The average molecular weight is 229 g/mol. The van der Waals surface area contributed by atoms with Gasteiger partial charge in [0.2, 0.25) is 0 Å². The smallest absolute Gasteiger partial charge is 0.171 e. The van der Waals surface area contributed by atoms with Crippen LogP contribution in [-0.2, 0) is 14.2 Å². The molecule has 1 aliphatic heterocycles. The number of rotatable bonds is 1. The van der Waals surface area contributed by atoms with Gasteiger partial charge in [-0.3, -0.25) is 0 Å². The molecular weight excluding hydrogens is 206 g/mol. The fourth-order valence-corrected chi connectivity index (χ4v) is 2.47.